The predicted octanol–water partition coefficient (Wildman–Crippen LogP) is 1.85. The molecule has 0 saturated carbocycles. The monoisotopic (exact) mass is 241 g/mol. The molecule has 0 amide bonds. The molecule has 0 spiro atoms. The number of hydrogen-bond acceptors (Lipinski definition) is 3. The van der Waals surface area contributed by atoms with Crippen molar-refractivity contribution in [3.8, 4) is 11.4 Å². The molecule has 88 valence electrons. The van der Waals surface area contributed by atoms with Crippen molar-refractivity contribution in [1.29, 1.82) is 0 Å². The van der Waals surface area contributed by atoms with E-state index >= 15 is 0 Å². The van der Waals surface area contributed by atoms with E-state index < -0.39 is 17.4 Å². The third-order valence-corrected chi connectivity index (χ3v) is 1.99. The molecule has 0 unspecified atom stereocenters. The van der Waals surface area contributed by atoms with Gasteiger partial charge in [0.1, 0.15) is 5.82 Å². The second-order valence-electron chi connectivity index (χ2n) is 3.21. The molecule has 1 N–H and O–H groups in total. The Labute approximate surface area is 93.2 Å². The summed E-state index contributed by atoms with van der Waals surface area (Å²) in [6.45, 7) is 0. The Balaban J connectivity index is 2.58. The molecule has 0 saturated heterocycles. The minimum atomic E-state index is -4.64. The molecule has 0 atom stereocenters. The average molecular weight is 241 g/mol. The van der Waals surface area contributed by atoms with Crippen LogP contribution in [0.3, 0.4) is 0 Å². The molecular weight excluding hydrogens is 235 g/mol. The van der Waals surface area contributed by atoms with E-state index in [4.69, 9.17) is 0 Å². The fraction of sp³-hybridized carbons (Fsp3) is 0.100. The summed E-state index contributed by atoms with van der Waals surface area (Å²) in [5.74, 6) is -0.132. The van der Waals surface area contributed by atoms with Crippen molar-refractivity contribution >= 4 is 0 Å². The van der Waals surface area contributed by atoms with E-state index in [1.807, 2.05) is 0 Å². The van der Waals surface area contributed by atoms with Crippen molar-refractivity contribution in [2.45, 2.75) is 6.18 Å². The van der Waals surface area contributed by atoms with Gasteiger partial charge in [0.2, 0.25) is 0 Å². The number of pyridine rings is 1. The summed E-state index contributed by atoms with van der Waals surface area (Å²) in [6, 6.07) is 3.33. The minimum Gasteiger partial charge on any atom is -0.307 e. The molecule has 0 aliphatic rings. The highest BCUT2D eigenvalue weighted by atomic mass is 19.4. The number of aromatic amines is 1. The van der Waals surface area contributed by atoms with Crippen molar-refractivity contribution in [2.75, 3.05) is 0 Å². The fourth-order valence-electron chi connectivity index (χ4n) is 1.25. The molecule has 2 rings (SSSR count). The van der Waals surface area contributed by atoms with Gasteiger partial charge in [0, 0.05) is 24.0 Å². The highest BCUT2D eigenvalue weighted by molar-refractivity contribution is 5.53. The first-order valence-corrected chi connectivity index (χ1v) is 4.56. The van der Waals surface area contributed by atoms with E-state index in [9.17, 15) is 18.0 Å². The fourth-order valence-corrected chi connectivity index (χ4v) is 1.25. The Hall–Kier alpha value is -2.18. The highest BCUT2D eigenvalue weighted by Gasteiger charge is 2.33. The number of aromatic nitrogens is 3. The second-order valence-corrected chi connectivity index (χ2v) is 3.21. The standard InChI is InChI=1S/C10H6F3N3O/c11-10(12,13)7-5-8(17)16-9(15-7)6-1-3-14-4-2-6/h1-5H,(H,15,16,17). The predicted molar refractivity (Wildman–Crippen MR) is 53.1 cm³/mol. The van der Waals surface area contributed by atoms with Gasteiger partial charge in [0.25, 0.3) is 5.56 Å². The summed E-state index contributed by atoms with van der Waals surface area (Å²) in [5.41, 5.74) is -1.70. The van der Waals surface area contributed by atoms with Gasteiger partial charge in [-0.05, 0) is 12.1 Å². The lowest BCUT2D eigenvalue weighted by atomic mass is 10.2. The summed E-state index contributed by atoms with van der Waals surface area (Å²) in [4.78, 5) is 20.5. The molecule has 0 aliphatic carbocycles. The highest BCUT2D eigenvalue weighted by Crippen LogP contribution is 2.27. The van der Waals surface area contributed by atoms with Gasteiger partial charge in [0.05, 0.1) is 0 Å². The Morgan fingerprint density at radius 1 is 1.18 bits per heavy atom. The molecule has 2 aromatic rings. The van der Waals surface area contributed by atoms with Crippen LogP contribution < -0.4 is 5.56 Å². The van der Waals surface area contributed by atoms with Crippen LogP contribution in [0.2, 0.25) is 0 Å². The Morgan fingerprint density at radius 2 is 1.82 bits per heavy atom. The molecular formula is C10H6F3N3O. The van der Waals surface area contributed by atoms with E-state index in [0.29, 0.717) is 11.6 Å². The quantitative estimate of drug-likeness (QED) is 0.828. The smallest absolute Gasteiger partial charge is 0.307 e. The SMILES string of the molecule is O=c1cc(C(F)(F)F)nc(-c2ccncc2)[nH]1. The molecule has 17 heavy (non-hydrogen) atoms. The molecule has 0 radical (unpaired) electrons. The molecule has 2 aromatic heterocycles. The lowest BCUT2D eigenvalue weighted by Gasteiger charge is -2.06. The number of hydrogen-bond donors (Lipinski definition) is 1. The number of rotatable bonds is 1. The third kappa shape index (κ3) is 2.49. The van der Waals surface area contributed by atoms with Gasteiger partial charge >= 0.3 is 6.18 Å². The second kappa shape index (κ2) is 4.00. The largest absolute Gasteiger partial charge is 0.433 e. The van der Waals surface area contributed by atoms with Crippen molar-refractivity contribution in [3.05, 3.63) is 46.6 Å². The van der Waals surface area contributed by atoms with Crippen LogP contribution in [0.4, 0.5) is 13.2 Å². The molecule has 0 aliphatic heterocycles. The summed E-state index contributed by atoms with van der Waals surface area (Å²) in [6.07, 6.45) is -1.85. The summed E-state index contributed by atoms with van der Waals surface area (Å²) >= 11 is 0. The van der Waals surface area contributed by atoms with Gasteiger partial charge in [0.15, 0.2) is 5.69 Å². The number of nitrogens with one attached hydrogen (secondary N) is 1. The van der Waals surface area contributed by atoms with Gasteiger partial charge in [-0.3, -0.25) is 9.78 Å². The third-order valence-electron chi connectivity index (χ3n) is 1.99. The molecule has 0 fully saturated rings. The first-order chi connectivity index (χ1) is 7.97. The van der Waals surface area contributed by atoms with Crippen LogP contribution in [-0.2, 0) is 6.18 Å². The Morgan fingerprint density at radius 3 is 2.41 bits per heavy atom. The van der Waals surface area contributed by atoms with Crippen LogP contribution in [0.15, 0.2) is 35.4 Å². The van der Waals surface area contributed by atoms with Crippen LogP contribution >= 0.6 is 0 Å². The van der Waals surface area contributed by atoms with Crippen LogP contribution in [0.25, 0.3) is 11.4 Å². The van der Waals surface area contributed by atoms with Crippen molar-refractivity contribution in [2.24, 2.45) is 0 Å². The van der Waals surface area contributed by atoms with Crippen LogP contribution in [0, 0.1) is 0 Å². The van der Waals surface area contributed by atoms with E-state index in [1.54, 1.807) is 0 Å². The normalized spacial score (nSPS) is 11.5. The Bertz CT molecular complexity index is 577. The number of halogens is 3. The lowest BCUT2D eigenvalue weighted by Crippen LogP contribution is -2.16. The van der Waals surface area contributed by atoms with E-state index in [2.05, 4.69) is 15.0 Å². The molecule has 0 aromatic carbocycles. The van der Waals surface area contributed by atoms with Gasteiger partial charge < -0.3 is 4.98 Å². The van der Waals surface area contributed by atoms with Gasteiger partial charge in [-0.25, -0.2) is 4.98 Å². The van der Waals surface area contributed by atoms with Crippen LogP contribution in [0.1, 0.15) is 5.69 Å². The van der Waals surface area contributed by atoms with Crippen LogP contribution in [0.5, 0.6) is 0 Å². The minimum absolute atomic E-state index is 0.132. The van der Waals surface area contributed by atoms with Crippen molar-refractivity contribution < 1.29 is 13.2 Å². The van der Waals surface area contributed by atoms with Gasteiger partial charge in [-0.1, -0.05) is 0 Å². The first-order valence-electron chi connectivity index (χ1n) is 4.56. The molecule has 7 heteroatoms. The number of H-pyrrole nitrogens is 1. The molecule has 4 nitrogen and oxygen atoms in total. The Kier molecular flexibility index (Phi) is 2.66. The number of nitrogens with zero attached hydrogens (tertiary/aromatic N) is 2. The number of alkyl halides is 3. The summed E-state index contributed by atoms with van der Waals surface area (Å²) < 4.78 is 37.3. The van der Waals surface area contributed by atoms with E-state index in [0.717, 1.165) is 0 Å². The maximum atomic E-state index is 12.4. The average Bonchev–Trinajstić information content (AvgIpc) is 2.28. The van der Waals surface area contributed by atoms with E-state index in [-0.39, 0.29) is 5.82 Å². The topological polar surface area (TPSA) is 58.6 Å². The van der Waals surface area contributed by atoms with E-state index in [1.165, 1.54) is 24.5 Å². The van der Waals surface area contributed by atoms with Crippen molar-refractivity contribution in [3.63, 3.8) is 0 Å². The lowest BCUT2D eigenvalue weighted by molar-refractivity contribution is -0.141. The molecule has 2 heterocycles. The van der Waals surface area contributed by atoms with Gasteiger partial charge in [-0.15, -0.1) is 0 Å². The summed E-state index contributed by atoms with van der Waals surface area (Å²) in [7, 11) is 0. The molecule has 0 bridgehead atoms. The maximum Gasteiger partial charge on any atom is 0.433 e. The zero-order chi connectivity index (χ0) is 12.5. The maximum absolute atomic E-state index is 12.4. The zero-order valence-electron chi connectivity index (χ0n) is 8.32. The summed E-state index contributed by atoms with van der Waals surface area (Å²) in [5, 5.41) is 0. The first kappa shape index (κ1) is 11.3. The van der Waals surface area contributed by atoms with Gasteiger partial charge in [-0.2, -0.15) is 13.2 Å². The van der Waals surface area contributed by atoms with Crippen LogP contribution in [-0.4, -0.2) is 15.0 Å². The van der Waals surface area contributed by atoms with Crippen molar-refractivity contribution in [1.82, 2.24) is 15.0 Å². The zero-order valence-corrected chi connectivity index (χ0v) is 8.32.